The highest BCUT2D eigenvalue weighted by atomic mass is 19.4. The Morgan fingerprint density at radius 2 is 2.12 bits per heavy atom. The molecule has 1 saturated heterocycles. The van der Waals surface area contributed by atoms with E-state index in [4.69, 9.17) is 9.47 Å². The highest BCUT2D eigenvalue weighted by Gasteiger charge is 2.54. The van der Waals surface area contributed by atoms with E-state index in [0.717, 1.165) is 18.6 Å². The van der Waals surface area contributed by atoms with Crippen molar-refractivity contribution in [3.05, 3.63) is 47.1 Å². The summed E-state index contributed by atoms with van der Waals surface area (Å²) >= 11 is 0. The third-order valence-electron chi connectivity index (χ3n) is 4.79. The van der Waals surface area contributed by atoms with Gasteiger partial charge in [-0.15, -0.1) is 0 Å². The van der Waals surface area contributed by atoms with Crippen molar-refractivity contribution < 1.29 is 22.6 Å². The van der Waals surface area contributed by atoms with Crippen LogP contribution in [0.5, 0.6) is 0 Å². The predicted molar refractivity (Wildman–Crippen MR) is 88.3 cm³/mol. The Morgan fingerprint density at radius 1 is 1.40 bits per heavy atom. The van der Waals surface area contributed by atoms with Gasteiger partial charge in [-0.2, -0.15) is 13.2 Å². The molecule has 0 aromatic heterocycles. The van der Waals surface area contributed by atoms with E-state index in [0.29, 0.717) is 17.9 Å². The predicted octanol–water partition coefficient (Wildman–Crippen LogP) is 3.61. The fourth-order valence-corrected chi connectivity index (χ4v) is 3.50. The second-order valence-electron chi connectivity index (χ2n) is 6.72. The fourth-order valence-electron chi connectivity index (χ4n) is 3.50. The van der Waals surface area contributed by atoms with E-state index < -0.39 is 17.4 Å². The standard InChI is InChI=1S/C18H23F3N2O2/c1-5-13-10-24-16-9-12(18(19,20)21)8-14-15(25-11(2)3)6-7-22-17(14,16)23(13)4/h6-9,11,13,22H,5,10H2,1-4H3/t13-,17?/m1/s1. The molecule has 0 amide bonds. The van der Waals surface area contributed by atoms with Crippen LogP contribution >= 0.6 is 0 Å². The lowest BCUT2D eigenvalue weighted by Gasteiger charge is -2.53. The van der Waals surface area contributed by atoms with Gasteiger partial charge in [-0.05, 0) is 45.5 Å². The molecule has 0 bridgehead atoms. The number of nitrogens with one attached hydrogen (secondary N) is 1. The van der Waals surface area contributed by atoms with Crippen LogP contribution in [0.1, 0.15) is 27.2 Å². The van der Waals surface area contributed by atoms with Gasteiger partial charge in [0.25, 0.3) is 0 Å². The molecular weight excluding hydrogens is 333 g/mol. The van der Waals surface area contributed by atoms with Gasteiger partial charge in [-0.3, -0.25) is 4.90 Å². The molecule has 0 aromatic rings. The fraction of sp³-hybridized carbons (Fsp3) is 0.556. The van der Waals surface area contributed by atoms with Crippen LogP contribution in [-0.4, -0.2) is 42.5 Å². The number of dihydropyridines is 1. The third kappa shape index (κ3) is 2.84. The largest absolute Gasteiger partial charge is 0.492 e. The van der Waals surface area contributed by atoms with E-state index in [9.17, 15) is 13.2 Å². The van der Waals surface area contributed by atoms with Crippen molar-refractivity contribution in [1.29, 1.82) is 0 Å². The molecule has 4 nitrogen and oxygen atoms in total. The Hall–Kier alpha value is -1.89. The minimum atomic E-state index is -4.46. The second-order valence-corrected chi connectivity index (χ2v) is 6.72. The zero-order valence-electron chi connectivity index (χ0n) is 14.8. The van der Waals surface area contributed by atoms with Crippen molar-refractivity contribution in [1.82, 2.24) is 10.2 Å². The summed E-state index contributed by atoms with van der Waals surface area (Å²) in [6.45, 7) is 6.08. The Morgan fingerprint density at radius 3 is 2.72 bits per heavy atom. The molecule has 1 unspecified atom stereocenters. The molecule has 1 fully saturated rings. The molecule has 138 valence electrons. The monoisotopic (exact) mass is 356 g/mol. The topological polar surface area (TPSA) is 33.7 Å². The summed E-state index contributed by atoms with van der Waals surface area (Å²) in [5.74, 6) is 0.673. The Labute approximate surface area is 145 Å². The van der Waals surface area contributed by atoms with Crippen LogP contribution < -0.4 is 5.32 Å². The molecule has 0 radical (unpaired) electrons. The van der Waals surface area contributed by atoms with Crippen LogP contribution in [0.15, 0.2) is 47.1 Å². The maximum Gasteiger partial charge on any atom is 0.416 e. The minimum absolute atomic E-state index is 0.0762. The van der Waals surface area contributed by atoms with Gasteiger partial charge in [0.1, 0.15) is 18.1 Å². The van der Waals surface area contributed by atoms with Gasteiger partial charge in [0.2, 0.25) is 0 Å². The van der Waals surface area contributed by atoms with E-state index in [2.05, 4.69) is 5.32 Å². The lowest BCUT2D eigenvalue weighted by molar-refractivity contribution is -0.0915. The first kappa shape index (κ1) is 17.9. The van der Waals surface area contributed by atoms with Gasteiger partial charge < -0.3 is 14.8 Å². The van der Waals surface area contributed by atoms with E-state index in [1.165, 1.54) is 0 Å². The molecule has 1 spiro atoms. The normalized spacial score (nSPS) is 29.4. The van der Waals surface area contributed by atoms with Gasteiger partial charge in [-0.1, -0.05) is 6.92 Å². The SMILES string of the molecule is CC[C@@H]1COC2=CC(C(F)(F)F)=CC3=C(OC(C)C)C=CNC23N1C. The van der Waals surface area contributed by atoms with Crippen molar-refractivity contribution >= 4 is 0 Å². The minimum Gasteiger partial charge on any atom is -0.492 e. The van der Waals surface area contributed by atoms with E-state index in [1.54, 1.807) is 12.3 Å². The zero-order valence-corrected chi connectivity index (χ0v) is 14.8. The van der Waals surface area contributed by atoms with Crippen LogP contribution in [0.2, 0.25) is 0 Å². The van der Waals surface area contributed by atoms with Crippen molar-refractivity contribution in [2.75, 3.05) is 13.7 Å². The number of halogens is 3. The molecule has 0 aromatic carbocycles. The summed E-state index contributed by atoms with van der Waals surface area (Å²) in [7, 11) is 1.90. The highest BCUT2D eigenvalue weighted by Crippen LogP contribution is 2.46. The summed E-state index contributed by atoms with van der Waals surface area (Å²) < 4.78 is 51.8. The first-order valence-electron chi connectivity index (χ1n) is 8.42. The van der Waals surface area contributed by atoms with Gasteiger partial charge >= 0.3 is 6.18 Å². The van der Waals surface area contributed by atoms with Crippen LogP contribution in [0.25, 0.3) is 0 Å². The maximum atomic E-state index is 13.4. The van der Waals surface area contributed by atoms with Crippen LogP contribution in [0.3, 0.4) is 0 Å². The summed E-state index contributed by atoms with van der Waals surface area (Å²) in [5, 5.41) is 3.23. The molecule has 1 aliphatic carbocycles. The average molecular weight is 356 g/mol. The number of allylic oxidation sites excluding steroid dienone is 3. The third-order valence-corrected chi connectivity index (χ3v) is 4.79. The smallest absolute Gasteiger partial charge is 0.416 e. The van der Waals surface area contributed by atoms with E-state index >= 15 is 0 Å². The Balaban J connectivity index is 2.20. The van der Waals surface area contributed by atoms with Crippen LogP contribution in [-0.2, 0) is 9.47 Å². The maximum absolute atomic E-state index is 13.4. The number of likely N-dealkylation sites (N-methyl/N-ethyl adjacent to an activating group) is 1. The van der Waals surface area contributed by atoms with Crippen molar-refractivity contribution in [2.24, 2.45) is 0 Å². The Bertz CT molecular complexity index is 676. The van der Waals surface area contributed by atoms with Crippen molar-refractivity contribution in [2.45, 2.75) is 51.2 Å². The highest BCUT2D eigenvalue weighted by molar-refractivity contribution is 5.56. The molecule has 1 N–H and O–H groups in total. The molecule has 2 atom stereocenters. The summed E-state index contributed by atoms with van der Waals surface area (Å²) in [6, 6.07) is 0.0762. The molecule has 3 aliphatic rings. The quantitative estimate of drug-likeness (QED) is 0.838. The zero-order chi connectivity index (χ0) is 18.4. The number of hydrogen-bond donors (Lipinski definition) is 1. The van der Waals surface area contributed by atoms with Gasteiger partial charge in [0.05, 0.1) is 11.7 Å². The first-order valence-corrected chi connectivity index (χ1v) is 8.42. The summed E-state index contributed by atoms with van der Waals surface area (Å²) in [5.41, 5.74) is -1.29. The molecular formula is C18H23F3N2O2. The number of rotatable bonds is 3. The molecule has 25 heavy (non-hydrogen) atoms. The Kier molecular flexibility index (Phi) is 4.39. The summed E-state index contributed by atoms with van der Waals surface area (Å²) in [6.07, 6.45) is 1.83. The van der Waals surface area contributed by atoms with Gasteiger partial charge in [-0.25, -0.2) is 0 Å². The van der Waals surface area contributed by atoms with Crippen LogP contribution in [0.4, 0.5) is 13.2 Å². The number of ether oxygens (including phenoxy) is 2. The van der Waals surface area contributed by atoms with E-state index in [1.807, 2.05) is 32.7 Å². The molecule has 0 saturated carbocycles. The lowest BCUT2D eigenvalue weighted by Crippen LogP contribution is -2.67. The number of alkyl halides is 3. The van der Waals surface area contributed by atoms with Crippen molar-refractivity contribution in [3.8, 4) is 0 Å². The summed E-state index contributed by atoms with van der Waals surface area (Å²) in [4.78, 5) is 2.04. The van der Waals surface area contributed by atoms with Crippen LogP contribution in [0, 0.1) is 0 Å². The molecule has 2 aliphatic heterocycles. The number of hydrogen-bond acceptors (Lipinski definition) is 4. The number of morpholine rings is 1. The molecule has 3 rings (SSSR count). The lowest BCUT2D eigenvalue weighted by atomic mass is 9.83. The molecule has 7 heteroatoms. The van der Waals surface area contributed by atoms with Gasteiger partial charge in [0, 0.05) is 17.8 Å². The second kappa shape index (κ2) is 6.12. The number of nitrogens with zero attached hydrogens (tertiary/aromatic N) is 1. The first-order chi connectivity index (χ1) is 11.7. The average Bonchev–Trinajstić information content (AvgIpc) is 2.53. The van der Waals surface area contributed by atoms with E-state index in [-0.39, 0.29) is 17.9 Å². The van der Waals surface area contributed by atoms with Crippen molar-refractivity contribution in [3.63, 3.8) is 0 Å². The molecule has 2 heterocycles. The van der Waals surface area contributed by atoms with Gasteiger partial charge in [0.15, 0.2) is 5.66 Å².